The molecule has 0 aromatic heterocycles. The van der Waals surface area contributed by atoms with E-state index in [1.165, 1.54) is 25.7 Å². The predicted molar refractivity (Wildman–Crippen MR) is 67.0 cm³/mol. The fourth-order valence-corrected chi connectivity index (χ4v) is 1.96. The maximum Gasteiger partial charge on any atom is 0.138 e. The zero-order valence-electron chi connectivity index (χ0n) is 11.2. The second kappa shape index (κ2) is 7.03. The lowest BCUT2D eigenvalue weighted by Gasteiger charge is -2.19. The van der Waals surface area contributed by atoms with Crippen LogP contribution in [-0.2, 0) is 4.79 Å². The standard InChI is InChI=1S/C14H28O/c1-6-8-12(9-7-2)10-11-13(15)14(3,4)5/h12H,6-11H2,1-5H3. The molecule has 0 saturated heterocycles. The van der Waals surface area contributed by atoms with E-state index in [4.69, 9.17) is 0 Å². The Bertz CT molecular complexity index is 170. The smallest absolute Gasteiger partial charge is 0.138 e. The van der Waals surface area contributed by atoms with Crippen molar-refractivity contribution in [1.29, 1.82) is 0 Å². The highest BCUT2D eigenvalue weighted by Crippen LogP contribution is 2.23. The van der Waals surface area contributed by atoms with E-state index in [1.807, 2.05) is 20.8 Å². The Kier molecular flexibility index (Phi) is 6.87. The second-order valence-electron chi connectivity index (χ2n) is 5.66. The van der Waals surface area contributed by atoms with Crippen LogP contribution in [0.2, 0.25) is 0 Å². The van der Waals surface area contributed by atoms with Crippen molar-refractivity contribution >= 4 is 5.78 Å². The van der Waals surface area contributed by atoms with Gasteiger partial charge in [0.15, 0.2) is 0 Å². The molecule has 0 saturated carbocycles. The summed E-state index contributed by atoms with van der Waals surface area (Å²) in [6.07, 6.45) is 6.92. The highest BCUT2D eigenvalue weighted by Gasteiger charge is 2.21. The van der Waals surface area contributed by atoms with Gasteiger partial charge < -0.3 is 0 Å². The van der Waals surface area contributed by atoms with Crippen molar-refractivity contribution in [1.82, 2.24) is 0 Å². The van der Waals surface area contributed by atoms with Crippen molar-refractivity contribution in [2.24, 2.45) is 11.3 Å². The van der Waals surface area contributed by atoms with E-state index in [2.05, 4.69) is 13.8 Å². The third-order valence-electron chi connectivity index (χ3n) is 3.01. The van der Waals surface area contributed by atoms with Gasteiger partial charge in [0, 0.05) is 11.8 Å². The van der Waals surface area contributed by atoms with Crippen molar-refractivity contribution in [3.05, 3.63) is 0 Å². The van der Waals surface area contributed by atoms with Crippen LogP contribution in [0.3, 0.4) is 0 Å². The number of carbonyl (C=O) groups is 1. The van der Waals surface area contributed by atoms with Crippen LogP contribution in [-0.4, -0.2) is 5.78 Å². The van der Waals surface area contributed by atoms with Gasteiger partial charge in [-0.1, -0.05) is 60.3 Å². The SMILES string of the molecule is CCCC(CCC)CCC(=O)C(C)(C)C. The molecule has 0 aliphatic heterocycles. The Morgan fingerprint density at radius 3 is 1.80 bits per heavy atom. The summed E-state index contributed by atoms with van der Waals surface area (Å²) in [5.41, 5.74) is -0.150. The van der Waals surface area contributed by atoms with Crippen LogP contribution in [0.5, 0.6) is 0 Å². The lowest BCUT2D eigenvalue weighted by Crippen LogP contribution is -2.20. The first-order valence-electron chi connectivity index (χ1n) is 6.45. The second-order valence-corrected chi connectivity index (χ2v) is 5.66. The van der Waals surface area contributed by atoms with E-state index >= 15 is 0 Å². The average molecular weight is 212 g/mol. The summed E-state index contributed by atoms with van der Waals surface area (Å²) >= 11 is 0. The first-order valence-corrected chi connectivity index (χ1v) is 6.45. The molecule has 0 rings (SSSR count). The van der Waals surface area contributed by atoms with Crippen molar-refractivity contribution < 1.29 is 4.79 Å². The van der Waals surface area contributed by atoms with Gasteiger partial charge in [0.1, 0.15) is 5.78 Å². The van der Waals surface area contributed by atoms with Gasteiger partial charge in [-0.15, -0.1) is 0 Å². The van der Waals surface area contributed by atoms with Crippen molar-refractivity contribution in [2.75, 3.05) is 0 Å². The molecule has 0 radical (unpaired) electrons. The Balaban J connectivity index is 3.93. The minimum absolute atomic E-state index is 0.150. The van der Waals surface area contributed by atoms with Crippen LogP contribution in [0.25, 0.3) is 0 Å². The van der Waals surface area contributed by atoms with E-state index < -0.39 is 0 Å². The topological polar surface area (TPSA) is 17.1 Å². The van der Waals surface area contributed by atoms with Crippen molar-refractivity contribution in [2.45, 2.75) is 73.1 Å². The van der Waals surface area contributed by atoms with Crippen molar-refractivity contribution in [3.8, 4) is 0 Å². The van der Waals surface area contributed by atoms with Crippen LogP contribution >= 0.6 is 0 Å². The molecule has 0 bridgehead atoms. The van der Waals surface area contributed by atoms with Gasteiger partial charge >= 0.3 is 0 Å². The number of hydrogen-bond acceptors (Lipinski definition) is 1. The summed E-state index contributed by atoms with van der Waals surface area (Å²) in [5, 5.41) is 0. The molecule has 0 aromatic carbocycles. The zero-order valence-corrected chi connectivity index (χ0v) is 11.2. The zero-order chi connectivity index (χ0) is 11.9. The maximum absolute atomic E-state index is 11.8. The molecule has 0 heterocycles. The fraction of sp³-hybridized carbons (Fsp3) is 0.929. The summed E-state index contributed by atoms with van der Waals surface area (Å²) in [4.78, 5) is 11.8. The molecule has 0 aliphatic carbocycles. The Labute approximate surface area is 95.6 Å². The molecule has 0 unspecified atom stereocenters. The van der Waals surface area contributed by atoms with Gasteiger partial charge in [0.05, 0.1) is 0 Å². The van der Waals surface area contributed by atoms with Crippen LogP contribution in [0.15, 0.2) is 0 Å². The largest absolute Gasteiger partial charge is 0.299 e. The lowest BCUT2D eigenvalue weighted by atomic mass is 9.84. The molecule has 0 aromatic rings. The quantitative estimate of drug-likeness (QED) is 0.603. The maximum atomic E-state index is 11.8. The molecule has 1 nitrogen and oxygen atoms in total. The molecule has 0 spiro atoms. The summed E-state index contributed by atoms with van der Waals surface area (Å²) in [6.45, 7) is 10.5. The molecule has 90 valence electrons. The highest BCUT2D eigenvalue weighted by molar-refractivity contribution is 5.83. The van der Waals surface area contributed by atoms with Crippen LogP contribution < -0.4 is 0 Å². The average Bonchev–Trinajstić information content (AvgIpc) is 2.12. The third-order valence-corrected chi connectivity index (χ3v) is 3.01. The van der Waals surface area contributed by atoms with Gasteiger partial charge in [-0.25, -0.2) is 0 Å². The third kappa shape index (κ3) is 6.70. The van der Waals surface area contributed by atoms with Gasteiger partial charge in [-0.2, -0.15) is 0 Å². The first-order chi connectivity index (χ1) is 6.91. The Morgan fingerprint density at radius 1 is 1.00 bits per heavy atom. The summed E-state index contributed by atoms with van der Waals surface area (Å²) < 4.78 is 0. The minimum Gasteiger partial charge on any atom is -0.299 e. The molecular formula is C14H28O. The van der Waals surface area contributed by atoms with Crippen LogP contribution in [0, 0.1) is 11.3 Å². The lowest BCUT2D eigenvalue weighted by molar-refractivity contribution is -0.126. The van der Waals surface area contributed by atoms with Gasteiger partial charge in [-0.3, -0.25) is 4.79 Å². The predicted octanol–water partition coefficient (Wildman–Crippen LogP) is 4.60. The molecule has 1 heteroatoms. The summed E-state index contributed by atoms with van der Waals surface area (Å²) in [5.74, 6) is 1.19. The number of rotatable bonds is 7. The summed E-state index contributed by atoms with van der Waals surface area (Å²) in [6, 6.07) is 0. The number of Topliss-reactive ketones (excluding diaryl/α,β-unsaturated/α-hetero) is 1. The molecule has 0 aliphatic rings. The van der Waals surface area contributed by atoms with Gasteiger partial charge in [-0.05, 0) is 12.3 Å². The molecule has 0 amide bonds. The highest BCUT2D eigenvalue weighted by atomic mass is 16.1. The van der Waals surface area contributed by atoms with Gasteiger partial charge in [0.2, 0.25) is 0 Å². The van der Waals surface area contributed by atoms with E-state index in [-0.39, 0.29) is 5.41 Å². The summed E-state index contributed by atoms with van der Waals surface area (Å²) in [7, 11) is 0. The fourth-order valence-electron chi connectivity index (χ4n) is 1.96. The number of hydrogen-bond donors (Lipinski definition) is 0. The molecule has 0 fully saturated rings. The normalized spacial score (nSPS) is 12.1. The van der Waals surface area contributed by atoms with Crippen LogP contribution in [0.1, 0.15) is 73.1 Å². The van der Waals surface area contributed by atoms with Crippen LogP contribution in [0.4, 0.5) is 0 Å². The Morgan fingerprint density at radius 2 is 1.47 bits per heavy atom. The molecule has 0 atom stereocenters. The number of carbonyl (C=O) groups excluding carboxylic acids is 1. The molecular weight excluding hydrogens is 184 g/mol. The Hall–Kier alpha value is -0.330. The molecule has 15 heavy (non-hydrogen) atoms. The monoisotopic (exact) mass is 212 g/mol. The van der Waals surface area contributed by atoms with E-state index in [1.54, 1.807) is 0 Å². The van der Waals surface area contributed by atoms with Crippen molar-refractivity contribution in [3.63, 3.8) is 0 Å². The van der Waals surface area contributed by atoms with Gasteiger partial charge in [0.25, 0.3) is 0 Å². The minimum atomic E-state index is -0.150. The van der Waals surface area contributed by atoms with E-state index in [9.17, 15) is 4.79 Å². The van der Waals surface area contributed by atoms with E-state index in [0.717, 1.165) is 18.8 Å². The molecule has 0 N–H and O–H groups in total. The first kappa shape index (κ1) is 14.7. The number of ketones is 1. The van der Waals surface area contributed by atoms with E-state index in [0.29, 0.717) is 5.78 Å².